The van der Waals surface area contributed by atoms with Gasteiger partial charge in [0, 0.05) is 11.3 Å². The maximum absolute atomic E-state index is 5.71. The summed E-state index contributed by atoms with van der Waals surface area (Å²) in [5, 5.41) is 0.665. The molecule has 0 saturated carbocycles. The highest BCUT2D eigenvalue weighted by Gasteiger charge is 2.07. The van der Waals surface area contributed by atoms with Crippen molar-refractivity contribution in [2.75, 3.05) is 5.73 Å². The minimum Gasteiger partial charge on any atom is -0.375 e. The van der Waals surface area contributed by atoms with Gasteiger partial charge in [0.1, 0.15) is 0 Å². The van der Waals surface area contributed by atoms with E-state index in [0.29, 0.717) is 5.13 Å². The Bertz CT molecular complexity index is 515. The number of hydrogen-bond acceptors (Lipinski definition) is 3. The van der Waals surface area contributed by atoms with Crippen molar-refractivity contribution in [2.24, 2.45) is 0 Å². The van der Waals surface area contributed by atoms with Gasteiger partial charge in [0.05, 0.1) is 5.69 Å². The van der Waals surface area contributed by atoms with Gasteiger partial charge in [0.2, 0.25) is 0 Å². The summed E-state index contributed by atoms with van der Waals surface area (Å²) in [7, 11) is 0. The number of thiazole rings is 1. The number of aromatic nitrogens is 1. The molecule has 1 aromatic heterocycles. The molecule has 0 aliphatic rings. The predicted octanol–water partition coefficient (Wildman–Crippen LogP) is 3.24. The van der Waals surface area contributed by atoms with Crippen molar-refractivity contribution < 1.29 is 0 Å². The van der Waals surface area contributed by atoms with Crippen molar-refractivity contribution in [3.63, 3.8) is 0 Å². The first-order valence-electron chi connectivity index (χ1n) is 5.34. The third-order valence-electron chi connectivity index (χ3n) is 2.76. The number of rotatable bonds is 2. The van der Waals surface area contributed by atoms with Crippen molar-refractivity contribution in [3.8, 4) is 0 Å². The van der Waals surface area contributed by atoms with Gasteiger partial charge in [-0.05, 0) is 31.9 Å². The van der Waals surface area contributed by atoms with Crippen molar-refractivity contribution in [1.29, 1.82) is 0 Å². The zero-order chi connectivity index (χ0) is 11.7. The Hall–Kier alpha value is -1.35. The van der Waals surface area contributed by atoms with Gasteiger partial charge < -0.3 is 5.73 Å². The third kappa shape index (κ3) is 2.25. The van der Waals surface area contributed by atoms with Crippen LogP contribution in [0.1, 0.15) is 27.3 Å². The second-order valence-corrected chi connectivity index (χ2v) is 5.28. The number of nitrogen functional groups attached to an aromatic ring is 1. The number of aryl methyl sites for hydroxylation is 3. The van der Waals surface area contributed by atoms with E-state index < -0.39 is 0 Å². The Kier molecular flexibility index (Phi) is 2.97. The van der Waals surface area contributed by atoms with Gasteiger partial charge in [-0.3, -0.25) is 0 Å². The molecular weight excluding hydrogens is 216 g/mol. The molecule has 2 aromatic rings. The maximum Gasteiger partial charge on any atom is 0.180 e. The summed E-state index contributed by atoms with van der Waals surface area (Å²) in [6.07, 6.45) is 0.939. The fourth-order valence-electron chi connectivity index (χ4n) is 1.78. The fraction of sp³-hybridized carbons (Fsp3) is 0.308. The summed E-state index contributed by atoms with van der Waals surface area (Å²) in [5.41, 5.74) is 10.8. The van der Waals surface area contributed by atoms with Gasteiger partial charge in [-0.25, -0.2) is 4.98 Å². The molecule has 1 heterocycles. The number of benzene rings is 1. The van der Waals surface area contributed by atoms with Crippen molar-refractivity contribution >= 4 is 16.5 Å². The normalized spacial score (nSPS) is 10.7. The van der Waals surface area contributed by atoms with Crippen molar-refractivity contribution in [2.45, 2.75) is 27.2 Å². The Morgan fingerprint density at radius 2 is 2.00 bits per heavy atom. The molecule has 0 saturated heterocycles. The van der Waals surface area contributed by atoms with E-state index in [-0.39, 0.29) is 0 Å². The molecule has 0 spiro atoms. The average molecular weight is 232 g/mol. The highest BCUT2D eigenvalue weighted by Crippen LogP contribution is 2.24. The molecule has 3 heteroatoms. The zero-order valence-corrected chi connectivity index (χ0v) is 10.7. The van der Waals surface area contributed by atoms with Gasteiger partial charge in [-0.1, -0.05) is 23.8 Å². The van der Waals surface area contributed by atoms with Crippen LogP contribution in [-0.4, -0.2) is 4.98 Å². The van der Waals surface area contributed by atoms with Gasteiger partial charge in [-0.15, -0.1) is 11.3 Å². The Morgan fingerprint density at radius 1 is 1.25 bits per heavy atom. The fourth-order valence-corrected chi connectivity index (χ4v) is 2.63. The lowest BCUT2D eigenvalue weighted by Crippen LogP contribution is -1.92. The van der Waals surface area contributed by atoms with Crippen LogP contribution in [-0.2, 0) is 6.42 Å². The van der Waals surface area contributed by atoms with E-state index in [1.54, 1.807) is 11.3 Å². The van der Waals surface area contributed by atoms with E-state index in [9.17, 15) is 0 Å². The van der Waals surface area contributed by atoms with E-state index in [1.807, 2.05) is 6.92 Å². The lowest BCUT2D eigenvalue weighted by molar-refractivity contribution is 1.12. The van der Waals surface area contributed by atoms with E-state index >= 15 is 0 Å². The summed E-state index contributed by atoms with van der Waals surface area (Å²) in [5.74, 6) is 0. The molecule has 0 aliphatic heterocycles. The summed E-state index contributed by atoms with van der Waals surface area (Å²) >= 11 is 1.59. The van der Waals surface area contributed by atoms with Crippen LogP contribution >= 0.6 is 11.3 Å². The highest BCUT2D eigenvalue weighted by atomic mass is 32.1. The number of nitrogens with two attached hydrogens (primary N) is 1. The molecule has 16 heavy (non-hydrogen) atoms. The second kappa shape index (κ2) is 4.26. The molecule has 1 aromatic carbocycles. The largest absolute Gasteiger partial charge is 0.375 e. The van der Waals surface area contributed by atoms with Crippen LogP contribution in [0.25, 0.3) is 0 Å². The summed E-state index contributed by atoms with van der Waals surface area (Å²) < 4.78 is 0. The molecule has 2 nitrogen and oxygen atoms in total. The predicted molar refractivity (Wildman–Crippen MR) is 70.0 cm³/mol. The molecule has 0 atom stereocenters. The van der Waals surface area contributed by atoms with Gasteiger partial charge in [0.15, 0.2) is 5.13 Å². The number of hydrogen-bond donors (Lipinski definition) is 1. The Morgan fingerprint density at radius 3 is 2.62 bits per heavy atom. The van der Waals surface area contributed by atoms with Crippen LogP contribution in [0.4, 0.5) is 5.13 Å². The van der Waals surface area contributed by atoms with Gasteiger partial charge >= 0.3 is 0 Å². The smallest absolute Gasteiger partial charge is 0.180 e. The minimum absolute atomic E-state index is 0.665. The summed E-state index contributed by atoms with van der Waals surface area (Å²) in [6.45, 7) is 6.29. The Balaban J connectivity index is 2.33. The molecular formula is C13H16N2S. The quantitative estimate of drug-likeness (QED) is 0.863. The van der Waals surface area contributed by atoms with E-state index in [4.69, 9.17) is 5.73 Å². The average Bonchev–Trinajstić information content (AvgIpc) is 2.51. The molecule has 84 valence electrons. The summed E-state index contributed by atoms with van der Waals surface area (Å²) in [6, 6.07) is 6.56. The maximum atomic E-state index is 5.71. The SMILES string of the molecule is Cc1ccc(C)c(Cc2sc(N)nc2C)c1. The van der Waals surface area contributed by atoms with Gasteiger partial charge in [0.25, 0.3) is 0 Å². The highest BCUT2D eigenvalue weighted by molar-refractivity contribution is 7.15. The van der Waals surface area contributed by atoms with Crippen LogP contribution in [0, 0.1) is 20.8 Å². The van der Waals surface area contributed by atoms with E-state index in [2.05, 4.69) is 37.0 Å². The van der Waals surface area contributed by atoms with Crippen LogP contribution in [0.3, 0.4) is 0 Å². The Labute approximate surface area is 100 Å². The first-order chi connectivity index (χ1) is 7.56. The zero-order valence-electron chi connectivity index (χ0n) is 9.87. The number of anilines is 1. The summed E-state index contributed by atoms with van der Waals surface area (Å²) in [4.78, 5) is 5.53. The first-order valence-corrected chi connectivity index (χ1v) is 6.16. The van der Waals surface area contributed by atoms with Crippen LogP contribution in [0.2, 0.25) is 0 Å². The minimum atomic E-state index is 0.665. The lowest BCUT2D eigenvalue weighted by atomic mass is 10.0. The van der Waals surface area contributed by atoms with Crippen LogP contribution < -0.4 is 5.73 Å². The van der Waals surface area contributed by atoms with Crippen LogP contribution in [0.5, 0.6) is 0 Å². The molecule has 0 unspecified atom stereocenters. The topological polar surface area (TPSA) is 38.9 Å². The molecule has 0 radical (unpaired) electrons. The molecule has 0 bridgehead atoms. The van der Waals surface area contributed by atoms with E-state index in [1.165, 1.54) is 21.6 Å². The third-order valence-corrected chi connectivity index (χ3v) is 3.75. The van der Waals surface area contributed by atoms with E-state index in [0.717, 1.165) is 12.1 Å². The van der Waals surface area contributed by atoms with Crippen LogP contribution in [0.15, 0.2) is 18.2 Å². The molecule has 2 N–H and O–H groups in total. The number of nitrogens with zero attached hydrogens (tertiary/aromatic N) is 1. The van der Waals surface area contributed by atoms with Gasteiger partial charge in [-0.2, -0.15) is 0 Å². The van der Waals surface area contributed by atoms with Crippen molar-refractivity contribution in [3.05, 3.63) is 45.5 Å². The molecule has 0 aliphatic carbocycles. The molecule has 2 rings (SSSR count). The monoisotopic (exact) mass is 232 g/mol. The second-order valence-electron chi connectivity index (χ2n) is 4.17. The molecule has 0 amide bonds. The standard InChI is InChI=1S/C13H16N2S/c1-8-4-5-9(2)11(6-8)7-12-10(3)15-13(14)16-12/h4-6H,7H2,1-3H3,(H2,14,15). The first kappa shape index (κ1) is 11.1. The molecule has 0 fully saturated rings. The van der Waals surface area contributed by atoms with Crippen molar-refractivity contribution in [1.82, 2.24) is 4.98 Å². The lowest BCUT2D eigenvalue weighted by Gasteiger charge is -2.05.